The van der Waals surface area contributed by atoms with Crippen LogP contribution in [0.4, 0.5) is 5.82 Å². The van der Waals surface area contributed by atoms with E-state index in [1.54, 1.807) is 0 Å². The first kappa shape index (κ1) is 13.1. The lowest BCUT2D eigenvalue weighted by molar-refractivity contribution is 0.109. The van der Waals surface area contributed by atoms with Gasteiger partial charge in [-0.15, -0.1) is 0 Å². The van der Waals surface area contributed by atoms with Crippen molar-refractivity contribution in [1.29, 1.82) is 0 Å². The van der Waals surface area contributed by atoms with Gasteiger partial charge in [0.05, 0.1) is 13.2 Å². The third kappa shape index (κ3) is 2.43. The Balaban J connectivity index is 2.40. The number of hydrogen-bond acceptors (Lipinski definition) is 4. The van der Waals surface area contributed by atoms with E-state index in [-0.39, 0.29) is 12.7 Å². The molecule has 100 valence electrons. The number of hydrogen-bond donors (Lipinski definition) is 1. The van der Waals surface area contributed by atoms with Gasteiger partial charge in [-0.05, 0) is 31.9 Å². The maximum absolute atomic E-state index is 9.29. The van der Waals surface area contributed by atoms with Gasteiger partial charge in [0.15, 0.2) is 11.6 Å². The molecule has 1 aliphatic rings. The minimum atomic E-state index is -0.161. The van der Waals surface area contributed by atoms with E-state index < -0.39 is 0 Å². The van der Waals surface area contributed by atoms with Gasteiger partial charge in [0, 0.05) is 11.7 Å². The molecule has 1 aromatic rings. The van der Waals surface area contributed by atoms with E-state index in [0.29, 0.717) is 18.5 Å². The van der Waals surface area contributed by atoms with Crippen molar-refractivity contribution in [3.8, 4) is 5.75 Å². The van der Waals surface area contributed by atoms with Gasteiger partial charge in [0.2, 0.25) is 0 Å². The van der Waals surface area contributed by atoms with Crippen LogP contribution in [0.15, 0.2) is 12.1 Å². The summed E-state index contributed by atoms with van der Waals surface area (Å²) in [6.07, 6.45) is -0.161. The number of aromatic nitrogens is 1. The molecule has 0 bridgehead atoms. The third-order valence-corrected chi connectivity index (χ3v) is 3.25. The number of nitrogens with zero attached hydrogens (tertiary/aromatic N) is 2. The molecular weight excluding hydrogens is 228 g/mol. The Bertz CT molecular complexity index is 418. The van der Waals surface area contributed by atoms with Crippen LogP contribution in [0.25, 0.3) is 0 Å². The van der Waals surface area contributed by atoms with Crippen LogP contribution in [-0.4, -0.2) is 35.4 Å². The summed E-state index contributed by atoms with van der Waals surface area (Å²) in [6.45, 7) is 9.26. The molecule has 0 radical (unpaired) electrons. The molecule has 0 spiro atoms. The molecule has 18 heavy (non-hydrogen) atoms. The highest BCUT2D eigenvalue weighted by molar-refractivity contribution is 5.55. The van der Waals surface area contributed by atoms with E-state index in [0.717, 1.165) is 17.3 Å². The summed E-state index contributed by atoms with van der Waals surface area (Å²) in [6, 6.07) is 4.31. The lowest BCUT2D eigenvalue weighted by atomic mass is 10.1. The average molecular weight is 250 g/mol. The van der Waals surface area contributed by atoms with Gasteiger partial charge in [-0.2, -0.15) is 0 Å². The van der Waals surface area contributed by atoms with Gasteiger partial charge >= 0.3 is 0 Å². The van der Waals surface area contributed by atoms with E-state index in [2.05, 4.69) is 32.6 Å². The summed E-state index contributed by atoms with van der Waals surface area (Å²) in [5, 5.41) is 9.29. The van der Waals surface area contributed by atoms with Crippen LogP contribution < -0.4 is 9.64 Å². The lowest BCUT2D eigenvalue weighted by Crippen LogP contribution is -2.45. The van der Waals surface area contributed by atoms with Crippen LogP contribution in [0.1, 0.15) is 39.3 Å². The molecule has 1 atom stereocenters. The summed E-state index contributed by atoms with van der Waals surface area (Å²) in [7, 11) is 0. The van der Waals surface area contributed by atoms with Gasteiger partial charge in [-0.1, -0.05) is 13.8 Å². The van der Waals surface area contributed by atoms with Gasteiger partial charge < -0.3 is 14.7 Å². The van der Waals surface area contributed by atoms with Gasteiger partial charge in [0.1, 0.15) is 6.10 Å². The minimum Gasteiger partial charge on any atom is -0.482 e. The first-order valence-corrected chi connectivity index (χ1v) is 6.58. The van der Waals surface area contributed by atoms with Crippen molar-refractivity contribution in [3.63, 3.8) is 0 Å². The topological polar surface area (TPSA) is 45.6 Å². The van der Waals surface area contributed by atoms with Crippen LogP contribution >= 0.6 is 0 Å². The Kier molecular flexibility index (Phi) is 3.76. The SMILES string of the molecule is CC(C)c1ccc2c(n1)N(C(C)C)CC(CO)O2. The zero-order valence-corrected chi connectivity index (χ0v) is 11.6. The Morgan fingerprint density at radius 2 is 2.11 bits per heavy atom. The fourth-order valence-electron chi connectivity index (χ4n) is 2.14. The second-order valence-electron chi connectivity index (χ2n) is 5.38. The Labute approximate surface area is 109 Å². The van der Waals surface area contributed by atoms with Crippen molar-refractivity contribution < 1.29 is 9.84 Å². The summed E-state index contributed by atoms with van der Waals surface area (Å²) < 4.78 is 5.74. The van der Waals surface area contributed by atoms with Crippen LogP contribution in [0, 0.1) is 0 Å². The Morgan fingerprint density at radius 1 is 1.39 bits per heavy atom. The van der Waals surface area contributed by atoms with Crippen molar-refractivity contribution in [2.45, 2.75) is 45.8 Å². The quantitative estimate of drug-likeness (QED) is 0.893. The van der Waals surface area contributed by atoms with E-state index in [9.17, 15) is 5.11 Å². The number of anilines is 1. The molecular formula is C14H22N2O2. The number of fused-ring (bicyclic) bond motifs is 1. The summed E-state index contributed by atoms with van der Waals surface area (Å²) >= 11 is 0. The number of aliphatic hydroxyl groups excluding tert-OH is 1. The molecule has 1 N–H and O–H groups in total. The van der Waals surface area contributed by atoms with Gasteiger partial charge in [-0.3, -0.25) is 0 Å². The predicted molar refractivity (Wildman–Crippen MR) is 72.3 cm³/mol. The van der Waals surface area contributed by atoms with E-state index in [4.69, 9.17) is 9.72 Å². The van der Waals surface area contributed by atoms with Crippen molar-refractivity contribution in [2.24, 2.45) is 0 Å². The number of rotatable bonds is 3. The van der Waals surface area contributed by atoms with Crippen molar-refractivity contribution in [1.82, 2.24) is 4.98 Å². The first-order valence-electron chi connectivity index (χ1n) is 6.58. The molecule has 1 aromatic heterocycles. The predicted octanol–water partition coefficient (Wildman–Crippen LogP) is 2.17. The molecule has 0 saturated heterocycles. The normalized spacial score (nSPS) is 19.1. The summed E-state index contributed by atoms with van der Waals surface area (Å²) in [5.74, 6) is 2.08. The molecule has 1 aliphatic heterocycles. The highest BCUT2D eigenvalue weighted by atomic mass is 16.5. The molecule has 1 unspecified atom stereocenters. The second-order valence-corrected chi connectivity index (χ2v) is 5.38. The zero-order chi connectivity index (χ0) is 13.3. The number of ether oxygens (including phenoxy) is 1. The molecule has 4 nitrogen and oxygen atoms in total. The van der Waals surface area contributed by atoms with E-state index in [1.807, 2.05) is 12.1 Å². The highest BCUT2D eigenvalue weighted by Gasteiger charge is 2.28. The first-order chi connectivity index (χ1) is 8.52. The van der Waals surface area contributed by atoms with Crippen LogP contribution in [0.3, 0.4) is 0 Å². The Morgan fingerprint density at radius 3 is 2.67 bits per heavy atom. The molecule has 0 aromatic carbocycles. The monoisotopic (exact) mass is 250 g/mol. The molecule has 0 saturated carbocycles. The number of pyridine rings is 1. The van der Waals surface area contributed by atoms with Gasteiger partial charge in [-0.25, -0.2) is 4.98 Å². The van der Waals surface area contributed by atoms with E-state index >= 15 is 0 Å². The largest absolute Gasteiger partial charge is 0.482 e. The lowest BCUT2D eigenvalue weighted by Gasteiger charge is -2.37. The second kappa shape index (κ2) is 5.14. The molecule has 2 rings (SSSR count). The maximum atomic E-state index is 9.29. The van der Waals surface area contributed by atoms with Crippen LogP contribution in [0.5, 0.6) is 5.75 Å². The fourth-order valence-corrected chi connectivity index (χ4v) is 2.14. The van der Waals surface area contributed by atoms with E-state index in [1.165, 1.54) is 0 Å². The highest BCUT2D eigenvalue weighted by Crippen LogP contribution is 2.34. The zero-order valence-electron chi connectivity index (χ0n) is 11.6. The minimum absolute atomic E-state index is 0.0363. The van der Waals surface area contributed by atoms with Crippen molar-refractivity contribution in [3.05, 3.63) is 17.8 Å². The van der Waals surface area contributed by atoms with Gasteiger partial charge in [0.25, 0.3) is 0 Å². The molecule has 0 amide bonds. The average Bonchev–Trinajstić information content (AvgIpc) is 2.36. The molecule has 4 heteroatoms. The smallest absolute Gasteiger partial charge is 0.172 e. The van der Waals surface area contributed by atoms with Crippen molar-refractivity contribution >= 4 is 5.82 Å². The standard InChI is InChI=1S/C14H22N2O2/c1-9(2)12-5-6-13-14(15-12)16(10(3)4)7-11(8-17)18-13/h5-6,9-11,17H,7-8H2,1-4H3. The molecule has 2 heterocycles. The third-order valence-electron chi connectivity index (χ3n) is 3.25. The van der Waals surface area contributed by atoms with Crippen LogP contribution in [0.2, 0.25) is 0 Å². The summed E-state index contributed by atoms with van der Waals surface area (Å²) in [5.41, 5.74) is 1.07. The summed E-state index contributed by atoms with van der Waals surface area (Å²) in [4.78, 5) is 6.90. The molecule has 0 fully saturated rings. The number of aliphatic hydroxyl groups is 1. The Hall–Kier alpha value is -1.29. The maximum Gasteiger partial charge on any atom is 0.172 e. The van der Waals surface area contributed by atoms with Crippen LogP contribution in [-0.2, 0) is 0 Å². The van der Waals surface area contributed by atoms with Crippen molar-refractivity contribution in [2.75, 3.05) is 18.1 Å². The fraction of sp³-hybridized carbons (Fsp3) is 0.643. The molecule has 0 aliphatic carbocycles.